The second-order valence-electron chi connectivity index (χ2n) is 5.51. The zero-order chi connectivity index (χ0) is 26.3. The second kappa shape index (κ2) is 7.42. The number of hydrogen-bond acceptors (Lipinski definition) is 6. The molecule has 3 aromatic rings. The van der Waals surface area contributed by atoms with Gasteiger partial charge >= 0.3 is 12.1 Å². The summed E-state index contributed by atoms with van der Waals surface area (Å²) in [7, 11) is 0. The molecule has 27 heavy (non-hydrogen) atoms. The Hall–Kier alpha value is -2.84. The van der Waals surface area contributed by atoms with Crippen molar-refractivity contribution in [3.05, 3.63) is 46.6 Å². The molecule has 2 aromatic heterocycles. The first kappa shape index (κ1) is 11.1. The second-order valence-corrected chi connectivity index (χ2v) is 5.51. The minimum absolute atomic E-state index is 0.218. The number of ether oxygens (including phenoxy) is 1. The predicted molar refractivity (Wildman–Crippen MR) is 89.3 cm³/mol. The molecule has 3 rings (SSSR count). The summed E-state index contributed by atoms with van der Waals surface area (Å²) in [5.41, 5.74) is -2.00. The molecule has 0 spiro atoms. The largest absolute Gasteiger partial charge is 0.493 e. The summed E-state index contributed by atoms with van der Waals surface area (Å²) in [4.78, 5) is 3.09. The normalized spacial score (nSPS) is 17.0. The molecule has 0 N–H and O–H groups in total. The average Bonchev–Trinajstić information content (AvgIpc) is 3.32. The molecule has 1 aromatic carbocycles. The summed E-state index contributed by atoms with van der Waals surface area (Å²) >= 11 is 0. The van der Waals surface area contributed by atoms with Crippen LogP contribution in [0.4, 0.5) is 13.2 Å². The van der Waals surface area contributed by atoms with Gasteiger partial charge in [-0.05, 0) is 50.3 Å². The topological polar surface area (TPSA) is 74.2 Å². The molecule has 0 bridgehead atoms. The van der Waals surface area contributed by atoms with E-state index in [-0.39, 0.29) is 13.0 Å². The smallest absolute Gasteiger partial charge is 0.471 e. The van der Waals surface area contributed by atoms with Crippen LogP contribution in [0.5, 0.6) is 5.75 Å². The SMILES string of the molecule is [2H]c1c(-c2noc(C(F)(F)F)n2)c([2H])c(C([2H])([2H])[2H])c(OCCCc2cc(C)no2)c1C([2H])([2H])[2H]. The lowest BCUT2D eigenvalue weighted by Gasteiger charge is -2.13. The van der Waals surface area contributed by atoms with Crippen molar-refractivity contribution < 1.29 is 37.9 Å². The third-order valence-corrected chi connectivity index (χ3v) is 3.34. The number of benzene rings is 1. The van der Waals surface area contributed by atoms with E-state index in [1.165, 1.54) is 0 Å². The molecular formula is C18H18F3N3O3. The third-order valence-electron chi connectivity index (χ3n) is 3.34. The maximum absolute atomic E-state index is 12.9. The zero-order valence-corrected chi connectivity index (χ0v) is 13.9. The number of aryl methyl sites for hydroxylation is 2. The first-order chi connectivity index (χ1) is 16.0. The molecule has 0 aliphatic rings. The van der Waals surface area contributed by atoms with E-state index in [1.54, 1.807) is 13.0 Å². The Labute approximate surface area is 164 Å². The van der Waals surface area contributed by atoms with E-state index in [0.717, 1.165) is 0 Å². The number of halogens is 3. The van der Waals surface area contributed by atoms with Gasteiger partial charge in [0.25, 0.3) is 0 Å². The maximum Gasteiger partial charge on any atom is 0.471 e. The summed E-state index contributed by atoms with van der Waals surface area (Å²) in [6.45, 7) is -4.77. The highest BCUT2D eigenvalue weighted by molar-refractivity contribution is 5.61. The van der Waals surface area contributed by atoms with Crippen LogP contribution in [-0.2, 0) is 12.6 Å². The van der Waals surface area contributed by atoms with Gasteiger partial charge in [0, 0.05) is 26.3 Å². The van der Waals surface area contributed by atoms with Crippen molar-refractivity contribution in [2.45, 2.75) is 39.6 Å². The molecule has 0 atom stereocenters. The van der Waals surface area contributed by atoms with Crippen LogP contribution in [0.1, 0.15) is 45.9 Å². The highest BCUT2D eigenvalue weighted by Gasteiger charge is 2.38. The highest BCUT2D eigenvalue weighted by atomic mass is 19.4. The van der Waals surface area contributed by atoms with Crippen molar-refractivity contribution in [2.75, 3.05) is 6.61 Å². The van der Waals surface area contributed by atoms with Gasteiger partial charge < -0.3 is 13.8 Å². The average molecular weight is 389 g/mol. The maximum atomic E-state index is 12.9. The van der Waals surface area contributed by atoms with Crippen molar-refractivity contribution >= 4 is 0 Å². The third kappa shape index (κ3) is 4.47. The monoisotopic (exact) mass is 389 g/mol. The molecule has 0 aliphatic heterocycles. The lowest BCUT2D eigenvalue weighted by atomic mass is 10.1. The van der Waals surface area contributed by atoms with Crippen molar-refractivity contribution in [2.24, 2.45) is 0 Å². The fourth-order valence-electron chi connectivity index (χ4n) is 2.17. The Morgan fingerprint density at radius 1 is 1.19 bits per heavy atom. The summed E-state index contributed by atoms with van der Waals surface area (Å²) in [6, 6.07) is -0.280. The van der Waals surface area contributed by atoms with Gasteiger partial charge in [-0.2, -0.15) is 18.2 Å². The lowest BCUT2D eigenvalue weighted by molar-refractivity contribution is -0.159. The van der Waals surface area contributed by atoms with Crippen LogP contribution in [0, 0.1) is 20.6 Å². The fourth-order valence-corrected chi connectivity index (χ4v) is 2.17. The van der Waals surface area contributed by atoms with Gasteiger partial charge in [-0.25, -0.2) is 0 Å². The molecule has 0 saturated carbocycles. The highest BCUT2D eigenvalue weighted by Crippen LogP contribution is 2.32. The molecule has 0 unspecified atom stereocenters. The van der Waals surface area contributed by atoms with E-state index in [0.29, 0.717) is 17.9 Å². The Kier molecular flexibility index (Phi) is 3.05. The predicted octanol–water partition coefficient (Wildman–Crippen LogP) is 4.68. The molecule has 2 heterocycles. The Balaban J connectivity index is 2.12. The Morgan fingerprint density at radius 3 is 2.48 bits per heavy atom. The first-order valence-corrected chi connectivity index (χ1v) is 7.66. The van der Waals surface area contributed by atoms with Gasteiger partial charge in [0.2, 0.25) is 5.82 Å². The number of aromatic nitrogens is 3. The van der Waals surface area contributed by atoms with Crippen LogP contribution >= 0.6 is 0 Å². The van der Waals surface area contributed by atoms with Crippen molar-refractivity contribution in [3.8, 4) is 17.1 Å². The number of alkyl halides is 3. The van der Waals surface area contributed by atoms with E-state index in [4.69, 9.17) is 20.2 Å². The standard InChI is InChI=1S/C18H18F3N3O3/c1-10-7-13(16-22-17(27-24-16)18(19,20)21)8-11(2)15(10)25-6-4-5-14-9-12(3)23-26-14/h7-9H,4-6H2,1-3H3/i1D3,2D3,7D,8D. The van der Waals surface area contributed by atoms with Crippen LogP contribution in [0.3, 0.4) is 0 Å². The molecule has 0 radical (unpaired) electrons. The van der Waals surface area contributed by atoms with Crippen LogP contribution in [0.2, 0.25) is 0 Å². The lowest BCUT2D eigenvalue weighted by Crippen LogP contribution is -2.05. The summed E-state index contributed by atoms with van der Waals surface area (Å²) in [5.74, 6) is -2.98. The quantitative estimate of drug-likeness (QED) is 0.570. The van der Waals surface area contributed by atoms with E-state index < -0.39 is 66.1 Å². The van der Waals surface area contributed by atoms with Gasteiger partial charge in [-0.3, -0.25) is 0 Å². The van der Waals surface area contributed by atoms with Gasteiger partial charge in [0.15, 0.2) is 0 Å². The summed E-state index contributed by atoms with van der Waals surface area (Å²) in [6.07, 6.45) is -4.51. The Bertz CT molecular complexity index is 1180. The van der Waals surface area contributed by atoms with Crippen LogP contribution in [0.15, 0.2) is 27.2 Å². The Morgan fingerprint density at radius 2 is 1.93 bits per heavy atom. The number of nitrogens with zero attached hydrogens (tertiary/aromatic N) is 3. The van der Waals surface area contributed by atoms with E-state index in [1.807, 2.05) is 0 Å². The molecular weight excluding hydrogens is 363 g/mol. The molecule has 0 amide bonds. The molecule has 0 aliphatic carbocycles. The zero-order valence-electron chi connectivity index (χ0n) is 21.9. The van der Waals surface area contributed by atoms with Gasteiger partial charge in [0.1, 0.15) is 11.5 Å². The van der Waals surface area contributed by atoms with E-state index in [9.17, 15) is 13.2 Å². The van der Waals surface area contributed by atoms with E-state index >= 15 is 0 Å². The van der Waals surface area contributed by atoms with Crippen LogP contribution in [0.25, 0.3) is 11.4 Å². The van der Waals surface area contributed by atoms with Crippen LogP contribution in [-0.4, -0.2) is 21.9 Å². The molecule has 144 valence electrons. The van der Waals surface area contributed by atoms with Crippen molar-refractivity contribution in [1.82, 2.24) is 15.3 Å². The van der Waals surface area contributed by atoms with Crippen LogP contribution < -0.4 is 4.74 Å². The van der Waals surface area contributed by atoms with Gasteiger partial charge in [-0.1, -0.05) is 10.3 Å². The fraction of sp³-hybridized carbons (Fsp3) is 0.389. The minimum atomic E-state index is -5.06. The number of hydrogen-bond donors (Lipinski definition) is 0. The number of rotatable bonds is 6. The molecule has 0 saturated heterocycles. The minimum Gasteiger partial charge on any atom is -0.493 e. The first-order valence-electron chi connectivity index (χ1n) is 11.7. The molecule has 0 fully saturated rings. The van der Waals surface area contributed by atoms with Gasteiger partial charge in [-0.15, -0.1) is 0 Å². The van der Waals surface area contributed by atoms with E-state index in [2.05, 4.69) is 19.8 Å². The van der Waals surface area contributed by atoms with Gasteiger partial charge in [0.05, 0.1) is 15.0 Å². The summed E-state index contributed by atoms with van der Waals surface area (Å²) in [5, 5.41) is 6.81. The molecule has 9 heteroatoms. The molecule has 6 nitrogen and oxygen atoms in total. The summed E-state index contributed by atoms with van der Waals surface area (Å²) < 4.78 is 117. The van der Waals surface area contributed by atoms with Crippen molar-refractivity contribution in [1.29, 1.82) is 0 Å². The van der Waals surface area contributed by atoms with Crippen molar-refractivity contribution in [3.63, 3.8) is 0 Å².